The topological polar surface area (TPSA) is 17.1 Å². The fraction of sp³-hybridized carbons (Fsp3) is 0.300. The molecular weight excluding hydrogens is 168 g/mol. The fourth-order valence-corrected chi connectivity index (χ4v) is 1.39. The number of ketones is 1. The lowest BCUT2D eigenvalue weighted by molar-refractivity contribution is 0.0988. The summed E-state index contributed by atoms with van der Waals surface area (Å²) in [6.07, 6.45) is 2.61. The number of hydrogen-bond donors (Lipinski definition) is 0. The average molecular weight is 180 g/mol. The van der Waals surface area contributed by atoms with Crippen LogP contribution in [0.4, 0.5) is 0 Å². The predicted octanol–water partition coefficient (Wildman–Crippen LogP) is 3.00. The highest BCUT2D eigenvalue weighted by Crippen LogP contribution is 2.15. The molecule has 0 aliphatic rings. The van der Waals surface area contributed by atoms with Crippen LogP contribution in [0.1, 0.15) is 23.7 Å². The molecule has 0 aliphatic carbocycles. The second kappa shape index (κ2) is 4.31. The van der Waals surface area contributed by atoms with Gasteiger partial charge in [-0.05, 0) is 18.4 Å². The summed E-state index contributed by atoms with van der Waals surface area (Å²) in [7, 11) is 0. The van der Waals surface area contributed by atoms with E-state index in [9.17, 15) is 4.79 Å². The van der Waals surface area contributed by atoms with Crippen LogP contribution in [0.15, 0.2) is 29.2 Å². The van der Waals surface area contributed by atoms with E-state index in [-0.39, 0.29) is 5.78 Å². The molecule has 0 spiro atoms. The molecule has 1 nitrogen and oxygen atoms in total. The largest absolute Gasteiger partial charge is 0.294 e. The first-order valence-corrected chi connectivity index (χ1v) is 5.17. The van der Waals surface area contributed by atoms with Crippen LogP contribution in [0.3, 0.4) is 0 Å². The molecule has 0 fully saturated rings. The number of benzene rings is 1. The number of rotatable bonds is 3. The monoisotopic (exact) mass is 180 g/mol. The van der Waals surface area contributed by atoms with E-state index in [2.05, 4.69) is 0 Å². The number of carbonyl (C=O) groups is 1. The summed E-state index contributed by atoms with van der Waals surface area (Å²) in [5.74, 6) is 0.211. The molecule has 64 valence electrons. The van der Waals surface area contributed by atoms with Crippen LogP contribution in [0.25, 0.3) is 0 Å². The Morgan fingerprint density at radius 3 is 2.33 bits per heavy atom. The molecule has 0 saturated heterocycles. The highest BCUT2D eigenvalue weighted by atomic mass is 32.2. The highest BCUT2D eigenvalue weighted by Gasteiger charge is 2.00. The highest BCUT2D eigenvalue weighted by molar-refractivity contribution is 7.98. The van der Waals surface area contributed by atoms with Crippen LogP contribution in [0, 0.1) is 0 Å². The van der Waals surface area contributed by atoms with E-state index in [1.54, 1.807) is 11.8 Å². The third-order valence-electron chi connectivity index (χ3n) is 1.73. The fourth-order valence-electron chi connectivity index (χ4n) is 0.981. The molecule has 0 heterocycles. The van der Waals surface area contributed by atoms with Gasteiger partial charge in [-0.1, -0.05) is 19.1 Å². The molecule has 0 aromatic heterocycles. The van der Waals surface area contributed by atoms with E-state index < -0.39 is 0 Å². The normalized spacial score (nSPS) is 9.83. The van der Waals surface area contributed by atoms with E-state index >= 15 is 0 Å². The average Bonchev–Trinajstić information content (AvgIpc) is 2.17. The van der Waals surface area contributed by atoms with Gasteiger partial charge in [0.15, 0.2) is 5.78 Å². The minimum Gasteiger partial charge on any atom is -0.294 e. The van der Waals surface area contributed by atoms with Gasteiger partial charge in [-0.25, -0.2) is 0 Å². The van der Waals surface area contributed by atoms with Gasteiger partial charge in [0, 0.05) is 16.9 Å². The van der Waals surface area contributed by atoms with Crippen molar-refractivity contribution in [1.82, 2.24) is 0 Å². The minimum atomic E-state index is 0.211. The van der Waals surface area contributed by atoms with Crippen LogP contribution in [-0.2, 0) is 0 Å². The van der Waals surface area contributed by atoms with Gasteiger partial charge < -0.3 is 0 Å². The molecule has 1 aromatic carbocycles. The van der Waals surface area contributed by atoms with Crippen LogP contribution in [-0.4, -0.2) is 12.0 Å². The Balaban J connectivity index is 2.84. The van der Waals surface area contributed by atoms with E-state index in [4.69, 9.17) is 0 Å². The second-order valence-electron chi connectivity index (χ2n) is 2.51. The molecule has 0 radical (unpaired) electrons. The molecule has 12 heavy (non-hydrogen) atoms. The van der Waals surface area contributed by atoms with Crippen LogP contribution in [0.5, 0.6) is 0 Å². The van der Waals surface area contributed by atoms with Gasteiger partial charge in [-0.15, -0.1) is 11.8 Å². The zero-order valence-electron chi connectivity index (χ0n) is 7.33. The molecule has 1 aromatic rings. The summed E-state index contributed by atoms with van der Waals surface area (Å²) in [5, 5.41) is 0. The molecule has 0 bridgehead atoms. The van der Waals surface area contributed by atoms with Crippen LogP contribution < -0.4 is 0 Å². The van der Waals surface area contributed by atoms with Crippen molar-refractivity contribution in [3.8, 4) is 0 Å². The maximum absolute atomic E-state index is 11.2. The SMILES string of the molecule is CCC(=O)c1ccc(SC)cc1. The molecule has 0 aliphatic heterocycles. The number of carbonyl (C=O) groups excluding carboxylic acids is 1. The zero-order chi connectivity index (χ0) is 8.97. The second-order valence-corrected chi connectivity index (χ2v) is 3.38. The minimum absolute atomic E-state index is 0.211. The van der Waals surface area contributed by atoms with Gasteiger partial charge in [0.05, 0.1) is 0 Å². The quantitative estimate of drug-likeness (QED) is 0.525. The summed E-state index contributed by atoms with van der Waals surface area (Å²) in [6, 6.07) is 7.73. The van der Waals surface area contributed by atoms with Gasteiger partial charge in [0.25, 0.3) is 0 Å². The van der Waals surface area contributed by atoms with Crippen molar-refractivity contribution in [2.75, 3.05) is 6.26 Å². The molecule has 0 unspecified atom stereocenters. The third-order valence-corrected chi connectivity index (χ3v) is 2.48. The predicted molar refractivity (Wildman–Crippen MR) is 52.8 cm³/mol. The Morgan fingerprint density at radius 2 is 1.92 bits per heavy atom. The Morgan fingerprint density at radius 1 is 1.33 bits per heavy atom. The van der Waals surface area contributed by atoms with E-state index in [1.807, 2.05) is 37.4 Å². The molecule has 0 saturated carbocycles. The lowest BCUT2D eigenvalue weighted by Crippen LogP contribution is -1.95. The number of hydrogen-bond acceptors (Lipinski definition) is 2. The Bertz CT molecular complexity index is 264. The summed E-state index contributed by atoms with van der Waals surface area (Å²) in [4.78, 5) is 12.4. The molecule has 1 rings (SSSR count). The first-order chi connectivity index (χ1) is 5.77. The molecule has 2 heteroatoms. The van der Waals surface area contributed by atoms with Gasteiger partial charge in [-0.3, -0.25) is 4.79 Å². The lowest BCUT2D eigenvalue weighted by atomic mass is 10.1. The lowest BCUT2D eigenvalue weighted by Gasteiger charge is -1.98. The number of thioether (sulfide) groups is 1. The first-order valence-electron chi connectivity index (χ1n) is 3.95. The molecule has 0 atom stereocenters. The van der Waals surface area contributed by atoms with Crippen LogP contribution in [0.2, 0.25) is 0 Å². The van der Waals surface area contributed by atoms with E-state index in [1.165, 1.54) is 4.90 Å². The van der Waals surface area contributed by atoms with Crippen molar-refractivity contribution in [1.29, 1.82) is 0 Å². The Kier molecular flexibility index (Phi) is 3.35. The summed E-state index contributed by atoms with van der Waals surface area (Å²) in [5.41, 5.74) is 0.815. The van der Waals surface area contributed by atoms with Gasteiger partial charge in [-0.2, -0.15) is 0 Å². The van der Waals surface area contributed by atoms with Crippen molar-refractivity contribution in [2.45, 2.75) is 18.2 Å². The smallest absolute Gasteiger partial charge is 0.162 e. The van der Waals surface area contributed by atoms with Gasteiger partial charge in [0.2, 0.25) is 0 Å². The number of Topliss-reactive ketones (excluding diaryl/α,β-unsaturated/α-hetero) is 1. The summed E-state index contributed by atoms with van der Waals surface area (Å²) < 4.78 is 0. The zero-order valence-corrected chi connectivity index (χ0v) is 8.15. The van der Waals surface area contributed by atoms with Gasteiger partial charge in [0.1, 0.15) is 0 Å². The molecule has 0 N–H and O–H groups in total. The summed E-state index contributed by atoms with van der Waals surface area (Å²) in [6.45, 7) is 1.88. The van der Waals surface area contributed by atoms with Crippen LogP contribution >= 0.6 is 11.8 Å². The van der Waals surface area contributed by atoms with Crippen molar-refractivity contribution in [3.05, 3.63) is 29.8 Å². The maximum Gasteiger partial charge on any atom is 0.162 e. The van der Waals surface area contributed by atoms with Crippen molar-refractivity contribution in [2.24, 2.45) is 0 Å². The van der Waals surface area contributed by atoms with Crippen molar-refractivity contribution >= 4 is 17.5 Å². The molecule has 0 amide bonds. The third kappa shape index (κ3) is 2.11. The van der Waals surface area contributed by atoms with Crippen molar-refractivity contribution < 1.29 is 4.79 Å². The van der Waals surface area contributed by atoms with E-state index in [0.717, 1.165) is 5.56 Å². The maximum atomic E-state index is 11.2. The van der Waals surface area contributed by atoms with Crippen molar-refractivity contribution in [3.63, 3.8) is 0 Å². The van der Waals surface area contributed by atoms with Gasteiger partial charge >= 0.3 is 0 Å². The Labute approximate surface area is 77.2 Å². The standard InChI is InChI=1S/C10H12OS/c1-3-10(11)8-4-6-9(12-2)7-5-8/h4-7H,3H2,1-2H3. The first kappa shape index (κ1) is 9.33. The summed E-state index contributed by atoms with van der Waals surface area (Å²) >= 11 is 1.69. The Hall–Kier alpha value is -0.760. The molecular formula is C10H12OS. The van der Waals surface area contributed by atoms with E-state index in [0.29, 0.717) is 6.42 Å².